The van der Waals surface area contributed by atoms with E-state index in [0.29, 0.717) is 5.88 Å². The smallest absolute Gasteiger partial charge is 0.0739 e. The summed E-state index contributed by atoms with van der Waals surface area (Å²) >= 11 is 6.26. The zero-order valence-electron chi connectivity index (χ0n) is 13.6. The average Bonchev–Trinajstić information content (AvgIpc) is 2.12. The molecule has 0 spiro atoms. The molecule has 0 N–H and O–H groups in total. The van der Waals surface area contributed by atoms with Gasteiger partial charge in [-0.1, -0.05) is 62.8 Å². The molecular weight excluding hydrogens is 256 g/mol. The van der Waals surface area contributed by atoms with Crippen molar-refractivity contribution < 1.29 is 0 Å². The molecule has 106 valence electrons. The zero-order valence-corrected chi connectivity index (χ0v) is 15.3. The van der Waals surface area contributed by atoms with Crippen LogP contribution in [0.15, 0.2) is 22.4 Å². The van der Waals surface area contributed by atoms with Gasteiger partial charge in [-0.15, -0.1) is 11.6 Å². The summed E-state index contributed by atoms with van der Waals surface area (Å²) in [5.41, 5.74) is 3.23. The molecular formula is C16H31ClSi. The Kier molecular flexibility index (Phi) is 6.95. The molecule has 18 heavy (non-hydrogen) atoms. The second kappa shape index (κ2) is 6.95. The fourth-order valence-corrected chi connectivity index (χ4v) is 5.39. The van der Waals surface area contributed by atoms with Crippen LogP contribution in [0, 0.1) is 5.41 Å². The van der Waals surface area contributed by atoms with E-state index in [4.69, 9.17) is 11.6 Å². The zero-order chi connectivity index (χ0) is 14.6. The quantitative estimate of drug-likeness (QED) is 0.321. The maximum Gasteiger partial charge on any atom is 0.0739 e. The van der Waals surface area contributed by atoms with E-state index in [9.17, 15) is 0 Å². The number of hydrogen-bond donors (Lipinski definition) is 0. The van der Waals surface area contributed by atoms with E-state index in [2.05, 4.69) is 60.3 Å². The molecule has 0 aromatic carbocycles. The van der Waals surface area contributed by atoms with Gasteiger partial charge in [0.15, 0.2) is 0 Å². The van der Waals surface area contributed by atoms with Gasteiger partial charge in [0.2, 0.25) is 0 Å². The lowest BCUT2D eigenvalue weighted by molar-refractivity contribution is 0.480. The third-order valence-electron chi connectivity index (χ3n) is 3.26. The molecule has 0 nitrogen and oxygen atoms in total. The number of halogens is 1. The van der Waals surface area contributed by atoms with Gasteiger partial charge in [-0.2, -0.15) is 0 Å². The maximum atomic E-state index is 6.26. The molecule has 0 heterocycles. The summed E-state index contributed by atoms with van der Waals surface area (Å²) in [5, 5.41) is 1.55. The largest absolute Gasteiger partial charge is 0.122 e. The van der Waals surface area contributed by atoms with Crippen molar-refractivity contribution in [3.8, 4) is 0 Å². The summed E-state index contributed by atoms with van der Waals surface area (Å²) in [5.74, 6) is 0.706. The minimum Gasteiger partial charge on any atom is -0.122 e. The van der Waals surface area contributed by atoms with Crippen molar-refractivity contribution in [2.45, 2.75) is 67.1 Å². The van der Waals surface area contributed by atoms with Gasteiger partial charge in [0.05, 0.1) is 8.07 Å². The van der Waals surface area contributed by atoms with Gasteiger partial charge in [0.25, 0.3) is 0 Å². The van der Waals surface area contributed by atoms with Crippen molar-refractivity contribution in [1.82, 2.24) is 0 Å². The van der Waals surface area contributed by atoms with E-state index in [0.717, 1.165) is 12.8 Å². The monoisotopic (exact) mass is 286 g/mol. The predicted molar refractivity (Wildman–Crippen MR) is 89.2 cm³/mol. The normalized spacial score (nSPS) is 14.3. The highest BCUT2D eigenvalue weighted by molar-refractivity contribution is 6.84. The topological polar surface area (TPSA) is 0 Å². The molecule has 0 aliphatic heterocycles. The molecule has 0 aliphatic rings. The maximum absolute atomic E-state index is 6.26. The van der Waals surface area contributed by atoms with Crippen molar-refractivity contribution in [3.63, 3.8) is 0 Å². The minimum atomic E-state index is -1.31. The van der Waals surface area contributed by atoms with Gasteiger partial charge in [-0.3, -0.25) is 0 Å². The van der Waals surface area contributed by atoms with Gasteiger partial charge in [0, 0.05) is 5.88 Å². The molecule has 0 radical (unpaired) electrons. The van der Waals surface area contributed by atoms with Crippen LogP contribution in [0.3, 0.4) is 0 Å². The van der Waals surface area contributed by atoms with Crippen LogP contribution in [0.1, 0.15) is 47.5 Å². The summed E-state index contributed by atoms with van der Waals surface area (Å²) in [6, 6.07) is 0. The van der Waals surface area contributed by atoms with Gasteiger partial charge < -0.3 is 0 Å². The van der Waals surface area contributed by atoms with Crippen LogP contribution >= 0.6 is 11.6 Å². The van der Waals surface area contributed by atoms with E-state index in [1.165, 1.54) is 5.57 Å². The Morgan fingerprint density at radius 3 is 1.89 bits per heavy atom. The number of rotatable bonds is 5. The molecule has 0 aliphatic carbocycles. The van der Waals surface area contributed by atoms with Crippen molar-refractivity contribution in [1.29, 1.82) is 0 Å². The predicted octanol–water partition coefficient (Wildman–Crippen LogP) is 6.19. The molecule has 0 bridgehead atoms. The van der Waals surface area contributed by atoms with Gasteiger partial charge >= 0.3 is 0 Å². The second-order valence-corrected chi connectivity index (χ2v) is 12.8. The van der Waals surface area contributed by atoms with Gasteiger partial charge in [0.1, 0.15) is 0 Å². The lowest BCUT2D eigenvalue weighted by atomic mass is 9.83. The molecule has 0 aromatic rings. The number of hydrogen-bond acceptors (Lipinski definition) is 0. The van der Waals surface area contributed by atoms with Crippen LogP contribution in [-0.4, -0.2) is 14.0 Å². The first-order valence-electron chi connectivity index (χ1n) is 6.92. The first-order valence-corrected chi connectivity index (χ1v) is 11.0. The minimum absolute atomic E-state index is 0.236. The highest BCUT2D eigenvalue weighted by Crippen LogP contribution is 2.35. The Bertz CT molecular complexity index is 320. The van der Waals surface area contributed by atoms with Crippen molar-refractivity contribution >= 4 is 19.7 Å². The van der Waals surface area contributed by atoms with Crippen LogP contribution in [0.4, 0.5) is 0 Å². The summed E-state index contributed by atoms with van der Waals surface area (Å²) < 4.78 is 0. The Morgan fingerprint density at radius 1 is 1.11 bits per heavy atom. The van der Waals surface area contributed by atoms with E-state index >= 15 is 0 Å². The molecule has 0 amide bonds. The Balaban J connectivity index is 5.34. The van der Waals surface area contributed by atoms with Crippen LogP contribution in [0.25, 0.3) is 0 Å². The van der Waals surface area contributed by atoms with Crippen LogP contribution in [0.5, 0.6) is 0 Å². The average molecular weight is 287 g/mol. The first kappa shape index (κ1) is 18.0. The van der Waals surface area contributed by atoms with Crippen LogP contribution in [0.2, 0.25) is 19.6 Å². The standard InChI is InChI=1S/C16H31ClSi/c1-13(2)10-9-11-14(16(3,4)5)15(12-17)18(6,7)8/h10H,9,11-12H2,1-8H3/b15-14+. The fourth-order valence-electron chi connectivity index (χ4n) is 2.22. The Hall–Kier alpha value is -0.0131. The SMILES string of the molecule is CC(C)=CCC/C(=C(/CCl)[Si](C)(C)C)C(C)(C)C. The number of alkyl halides is 1. The van der Waals surface area contributed by atoms with Crippen molar-refractivity contribution in [2.24, 2.45) is 5.41 Å². The number of allylic oxidation sites excluding steroid dienone is 4. The van der Waals surface area contributed by atoms with E-state index in [1.807, 2.05) is 0 Å². The Labute approximate surface area is 121 Å². The van der Waals surface area contributed by atoms with E-state index < -0.39 is 8.07 Å². The summed E-state index contributed by atoms with van der Waals surface area (Å²) in [7, 11) is -1.31. The molecule has 0 fully saturated rings. The summed E-state index contributed by atoms with van der Waals surface area (Å²) in [6.45, 7) is 18.5. The highest BCUT2D eigenvalue weighted by atomic mass is 35.5. The highest BCUT2D eigenvalue weighted by Gasteiger charge is 2.27. The Morgan fingerprint density at radius 2 is 1.61 bits per heavy atom. The van der Waals surface area contributed by atoms with E-state index in [-0.39, 0.29) is 5.41 Å². The van der Waals surface area contributed by atoms with Crippen molar-refractivity contribution in [3.05, 3.63) is 22.4 Å². The van der Waals surface area contributed by atoms with Gasteiger partial charge in [-0.05, 0) is 32.1 Å². The summed E-state index contributed by atoms with van der Waals surface area (Å²) in [6.07, 6.45) is 4.63. The molecule has 0 saturated heterocycles. The molecule has 0 unspecified atom stereocenters. The van der Waals surface area contributed by atoms with Gasteiger partial charge in [-0.25, -0.2) is 0 Å². The molecule has 0 aromatic heterocycles. The summed E-state index contributed by atoms with van der Waals surface area (Å²) in [4.78, 5) is 0. The molecule has 2 heteroatoms. The van der Waals surface area contributed by atoms with Crippen molar-refractivity contribution in [2.75, 3.05) is 5.88 Å². The van der Waals surface area contributed by atoms with Crippen LogP contribution in [-0.2, 0) is 0 Å². The molecule has 0 saturated carbocycles. The lowest BCUT2D eigenvalue weighted by Crippen LogP contribution is -2.30. The fraction of sp³-hybridized carbons (Fsp3) is 0.750. The molecule has 0 rings (SSSR count). The first-order chi connectivity index (χ1) is 8.00. The second-order valence-electron chi connectivity index (χ2n) is 7.41. The molecule has 0 atom stereocenters. The third kappa shape index (κ3) is 6.24. The lowest BCUT2D eigenvalue weighted by Gasteiger charge is -2.32. The van der Waals surface area contributed by atoms with E-state index in [1.54, 1.807) is 10.8 Å². The third-order valence-corrected chi connectivity index (χ3v) is 6.04. The van der Waals surface area contributed by atoms with Crippen LogP contribution < -0.4 is 0 Å².